The van der Waals surface area contributed by atoms with Crippen LogP contribution in [0.2, 0.25) is 0 Å². The third-order valence-corrected chi connectivity index (χ3v) is 4.74. The second-order valence-electron chi connectivity index (χ2n) is 6.50. The van der Waals surface area contributed by atoms with E-state index >= 15 is 0 Å². The van der Waals surface area contributed by atoms with E-state index in [9.17, 15) is 9.59 Å². The summed E-state index contributed by atoms with van der Waals surface area (Å²) >= 11 is 0. The van der Waals surface area contributed by atoms with Gasteiger partial charge >= 0.3 is 6.03 Å². The number of methoxy groups -OCH3 is 1. The first-order valence-electron chi connectivity index (χ1n) is 9.13. The maximum absolute atomic E-state index is 12.6. The minimum atomic E-state index is -0.0873. The number of benzene rings is 2. The molecule has 3 rings (SSSR count). The molecule has 0 spiro atoms. The van der Waals surface area contributed by atoms with Crippen molar-refractivity contribution in [2.24, 2.45) is 0 Å². The molecule has 142 valence electrons. The van der Waals surface area contributed by atoms with Crippen LogP contribution < -0.4 is 10.1 Å². The highest BCUT2D eigenvalue weighted by Gasteiger charge is 2.24. The minimum absolute atomic E-state index is 0.0591. The van der Waals surface area contributed by atoms with Crippen LogP contribution in [-0.4, -0.2) is 55.0 Å². The highest BCUT2D eigenvalue weighted by Crippen LogP contribution is 2.19. The van der Waals surface area contributed by atoms with Crippen molar-refractivity contribution in [3.8, 4) is 5.75 Å². The Labute approximate surface area is 159 Å². The summed E-state index contributed by atoms with van der Waals surface area (Å²) in [6.07, 6.45) is 0.310. The topological polar surface area (TPSA) is 61.9 Å². The Morgan fingerprint density at radius 3 is 2.26 bits per heavy atom. The zero-order valence-corrected chi connectivity index (χ0v) is 15.6. The summed E-state index contributed by atoms with van der Waals surface area (Å²) in [5.41, 5.74) is 1.95. The fourth-order valence-electron chi connectivity index (χ4n) is 3.17. The molecule has 1 aliphatic rings. The molecule has 2 aromatic rings. The molecule has 1 heterocycles. The number of nitrogens with one attached hydrogen (secondary N) is 1. The van der Waals surface area contributed by atoms with Gasteiger partial charge in [-0.15, -0.1) is 0 Å². The van der Waals surface area contributed by atoms with Gasteiger partial charge in [-0.2, -0.15) is 0 Å². The van der Waals surface area contributed by atoms with E-state index < -0.39 is 0 Å². The number of hydrogen-bond acceptors (Lipinski definition) is 3. The molecule has 1 saturated heterocycles. The first-order chi connectivity index (χ1) is 13.2. The van der Waals surface area contributed by atoms with Crippen molar-refractivity contribution in [2.75, 3.05) is 33.3 Å². The lowest BCUT2D eigenvalue weighted by molar-refractivity contribution is -0.131. The van der Waals surface area contributed by atoms with Gasteiger partial charge in [0.15, 0.2) is 0 Å². The van der Waals surface area contributed by atoms with Gasteiger partial charge in [0.25, 0.3) is 0 Å². The molecule has 1 N–H and O–H groups in total. The Morgan fingerprint density at radius 1 is 0.926 bits per heavy atom. The first kappa shape index (κ1) is 18.8. The van der Waals surface area contributed by atoms with Crippen LogP contribution in [0, 0.1) is 0 Å². The molecule has 6 nitrogen and oxygen atoms in total. The molecule has 3 amide bonds. The lowest BCUT2D eigenvalue weighted by Gasteiger charge is -2.35. The van der Waals surface area contributed by atoms with E-state index in [1.807, 2.05) is 59.5 Å². The largest absolute Gasteiger partial charge is 0.496 e. The standard InChI is InChI=1S/C21H25N3O3/c1-27-19-10-6-5-9-18(19)15-20(25)23-11-13-24(14-12-23)21(26)22-16-17-7-3-2-4-8-17/h2-10H,11-16H2,1H3,(H,22,26). The van der Waals surface area contributed by atoms with Crippen molar-refractivity contribution >= 4 is 11.9 Å². The Kier molecular flexibility index (Phi) is 6.30. The minimum Gasteiger partial charge on any atom is -0.496 e. The van der Waals surface area contributed by atoms with E-state index in [0.717, 1.165) is 16.9 Å². The van der Waals surface area contributed by atoms with Gasteiger partial charge in [-0.3, -0.25) is 4.79 Å². The smallest absolute Gasteiger partial charge is 0.317 e. The molecule has 27 heavy (non-hydrogen) atoms. The quantitative estimate of drug-likeness (QED) is 0.882. The molecule has 1 aliphatic heterocycles. The highest BCUT2D eigenvalue weighted by molar-refractivity contribution is 5.80. The fourth-order valence-corrected chi connectivity index (χ4v) is 3.17. The monoisotopic (exact) mass is 367 g/mol. The van der Waals surface area contributed by atoms with Gasteiger partial charge in [-0.1, -0.05) is 48.5 Å². The first-order valence-corrected chi connectivity index (χ1v) is 9.13. The number of rotatable bonds is 5. The SMILES string of the molecule is COc1ccccc1CC(=O)N1CCN(C(=O)NCc2ccccc2)CC1. The number of ether oxygens (including phenoxy) is 1. The van der Waals surface area contributed by atoms with E-state index in [-0.39, 0.29) is 11.9 Å². The molecule has 6 heteroatoms. The Balaban J connectivity index is 1.46. The van der Waals surface area contributed by atoms with Crippen molar-refractivity contribution < 1.29 is 14.3 Å². The number of nitrogens with zero attached hydrogens (tertiary/aromatic N) is 2. The maximum Gasteiger partial charge on any atom is 0.317 e. The van der Waals surface area contributed by atoms with Gasteiger partial charge < -0.3 is 19.9 Å². The van der Waals surface area contributed by atoms with Crippen molar-refractivity contribution in [1.29, 1.82) is 0 Å². The zero-order valence-electron chi connectivity index (χ0n) is 15.6. The fraction of sp³-hybridized carbons (Fsp3) is 0.333. The van der Waals surface area contributed by atoms with Crippen LogP contribution in [0.15, 0.2) is 54.6 Å². The predicted octanol–water partition coefficient (Wildman–Crippen LogP) is 2.29. The number of para-hydroxylation sites is 1. The number of urea groups is 1. The lowest BCUT2D eigenvalue weighted by atomic mass is 10.1. The van der Waals surface area contributed by atoms with E-state index in [1.165, 1.54) is 0 Å². The van der Waals surface area contributed by atoms with Crippen molar-refractivity contribution in [3.05, 3.63) is 65.7 Å². The Morgan fingerprint density at radius 2 is 1.56 bits per heavy atom. The zero-order chi connectivity index (χ0) is 19.1. The summed E-state index contributed by atoms with van der Waals surface area (Å²) < 4.78 is 5.31. The molecule has 0 radical (unpaired) electrons. The van der Waals surface area contributed by atoms with Crippen LogP contribution in [0.5, 0.6) is 5.75 Å². The van der Waals surface area contributed by atoms with Gasteiger partial charge in [-0.05, 0) is 11.6 Å². The summed E-state index contributed by atoms with van der Waals surface area (Å²) in [6, 6.07) is 17.3. The van der Waals surface area contributed by atoms with Crippen LogP contribution in [0.1, 0.15) is 11.1 Å². The van der Waals surface area contributed by atoms with E-state index in [0.29, 0.717) is 39.1 Å². The van der Waals surface area contributed by atoms with Gasteiger partial charge in [0.1, 0.15) is 5.75 Å². The average molecular weight is 367 g/mol. The number of carbonyl (C=O) groups excluding carboxylic acids is 2. The van der Waals surface area contributed by atoms with E-state index in [1.54, 1.807) is 12.0 Å². The Bertz CT molecular complexity index is 771. The third-order valence-electron chi connectivity index (χ3n) is 4.74. The second-order valence-corrected chi connectivity index (χ2v) is 6.50. The van der Waals surface area contributed by atoms with Crippen molar-refractivity contribution in [2.45, 2.75) is 13.0 Å². The molecule has 0 aromatic heterocycles. The van der Waals surface area contributed by atoms with Gasteiger partial charge in [0, 0.05) is 38.3 Å². The predicted molar refractivity (Wildman–Crippen MR) is 104 cm³/mol. The summed E-state index contributed by atoms with van der Waals surface area (Å²) in [5.74, 6) is 0.786. The molecule has 0 unspecified atom stereocenters. The van der Waals surface area contributed by atoms with Crippen LogP contribution in [0.25, 0.3) is 0 Å². The summed E-state index contributed by atoms with van der Waals surface area (Å²) in [5, 5.41) is 2.93. The van der Waals surface area contributed by atoms with Gasteiger partial charge in [-0.25, -0.2) is 4.79 Å². The normalized spacial score (nSPS) is 14.0. The van der Waals surface area contributed by atoms with E-state index in [4.69, 9.17) is 4.74 Å². The van der Waals surface area contributed by atoms with E-state index in [2.05, 4.69) is 5.32 Å². The Hall–Kier alpha value is -3.02. The molecule has 1 fully saturated rings. The maximum atomic E-state index is 12.6. The van der Waals surface area contributed by atoms with Crippen molar-refractivity contribution in [3.63, 3.8) is 0 Å². The molecule has 2 aromatic carbocycles. The number of piperazine rings is 1. The van der Waals surface area contributed by atoms with Gasteiger partial charge in [0.05, 0.1) is 13.5 Å². The number of carbonyl (C=O) groups is 2. The van der Waals surface area contributed by atoms with Crippen LogP contribution >= 0.6 is 0 Å². The van der Waals surface area contributed by atoms with Gasteiger partial charge in [0.2, 0.25) is 5.91 Å². The molecule has 0 aliphatic carbocycles. The van der Waals surface area contributed by atoms with Crippen LogP contribution in [-0.2, 0) is 17.8 Å². The highest BCUT2D eigenvalue weighted by atomic mass is 16.5. The molecule has 0 atom stereocenters. The number of amides is 3. The summed E-state index contributed by atoms with van der Waals surface area (Å²) in [4.78, 5) is 28.5. The molecular weight excluding hydrogens is 342 g/mol. The lowest BCUT2D eigenvalue weighted by Crippen LogP contribution is -2.53. The summed E-state index contributed by atoms with van der Waals surface area (Å²) in [7, 11) is 1.61. The van der Waals surface area contributed by atoms with Crippen LogP contribution in [0.3, 0.4) is 0 Å². The van der Waals surface area contributed by atoms with Crippen molar-refractivity contribution in [1.82, 2.24) is 15.1 Å². The summed E-state index contributed by atoms with van der Waals surface area (Å²) in [6.45, 7) is 2.68. The third kappa shape index (κ3) is 5.00. The van der Waals surface area contributed by atoms with Crippen LogP contribution in [0.4, 0.5) is 4.79 Å². The second kappa shape index (κ2) is 9.07. The molecule has 0 bridgehead atoms. The number of hydrogen-bond donors (Lipinski definition) is 1. The average Bonchev–Trinajstić information content (AvgIpc) is 2.73. The molecular formula is C21H25N3O3. The molecule has 0 saturated carbocycles.